The molecule has 1 rings (SSSR count). The molecule has 0 amide bonds. The van der Waals surface area contributed by atoms with Crippen LogP contribution >= 0.6 is 0 Å². The van der Waals surface area contributed by atoms with Crippen LogP contribution in [0.3, 0.4) is 0 Å². The predicted octanol–water partition coefficient (Wildman–Crippen LogP) is 2.06. The Morgan fingerprint density at radius 3 is 2.86 bits per heavy atom. The molecular formula is C11H17NO2. The maximum absolute atomic E-state index is 11.2. The summed E-state index contributed by atoms with van der Waals surface area (Å²) in [4.78, 5) is 11.2. The number of nitriles is 1. The minimum absolute atomic E-state index is 0.0435. The first-order valence-corrected chi connectivity index (χ1v) is 5.12. The quantitative estimate of drug-likeness (QED) is 0.690. The highest BCUT2D eigenvalue weighted by molar-refractivity contribution is 5.84. The van der Waals surface area contributed by atoms with Gasteiger partial charge in [0, 0.05) is 6.61 Å². The van der Waals surface area contributed by atoms with Crippen molar-refractivity contribution < 1.29 is 9.53 Å². The Kier molecular flexibility index (Phi) is 3.65. The van der Waals surface area contributed by atoms with Gasteiger partial charge in [-0.2, -0.15) is 5.26 Å². The van der Waals surface area contributed by atoms with Gasteiger partial charge in [0.15, 0.2) is 0 Å². The van der Waals surface area contributed by atoms with E-state index in [-0.39, 0.29) is 11.9 Å². The van der Waals surface area contributed by atoms with Crippen LogP contribution in [0.15, 0.2) is 0 Å². The topological polar surface area (TPSA) is 50.1 Å². The normalized spacial score (nSPS) is 25.4. The van der Waals surface area contributed by atoms with E-state index in [1.54, 1.807) is 6.92 Å². The third-order valence-corrected chi connectivity index (χ3v) is 3.01. The second-order valence-electron chi connectivity index (χ2n) is 4.17. The third kappa shape index (κ3) is 2.55. The molecule has 0 aromatic rings. The molecule has 1 aliphatic rings. The van der Waals surface area contributed by atoms with E-state index in [0.717, 1.165) is 25.9 Å². The number of nitrogens with zero attached hydrogens (tertiary/aromatic N) is 1. The first-order chi connectivity index (χ1) is 6.58. The number of ether oxygens (including phenoxy) is 1. The SMILES string of the molecule is CC(=O)C(C)(C#N)CCC1CCCO1. The molecule has 1 heterocycles. The van der Waals surface area contributed by atoms with Gasteiger partial charge in [0.1, 0.15) is 11.2 Å². The Labute approximate surface area is 85.1 Å². The maximum Gasteiger partial charge on any atom is 0.149 e. The highest BCUT2D eigenvalue weighted by atomic mass is 16.5. The molecule has 0 N–H and O–H groups in total. The lowest BCUT2D eigenvalue weighted by Crippen LogP contribution is -2.25. The summed E-state index contributed by atoms with van der Waals surface area (Å²) in [7, 11) is 0. The summed E-state index contributed by atoms with van der Waals surface area (Å²) >= 11 is 0. The lowest BCUT2D eigenvalue weighted by molar-refractivity contribution is -0.123. The van der Waals surface area contributed by atoms with Gasteiger partial charge >= 0.3 is 0 Å². The molecule has 0 spiro atoms. The van der Waals surface area contributed by atoms with Crippen molar-refractivity contribution in [3.05, 3.63) is 0 Å². The standard InChI is InChI=1S/C11H17NO2/c1-9(13)11(2,8-12)6-5-10-4-3-7-14-10/h10H,3-7H2,1-2H3. The molecule has 0 bridgehead atoms. The number of Topliss-reactive ketones (excluding diaryl/α,β-unsaturated/α-hetero) is 1. The van der Waals surface area contributed by atoms with Crippen molar-refractivity contribution in [3.63, 3.8) is 0 Å². The smallest absolute Gasteiger partial charge is 0.149 e. The molecule has 3 nitrogen and oxygen atoms in total. The van der Waals surface area contributed by atoms with Crippen molar-refractivity contribution in [2.24, 2.45) is 5.41 Å². The van der Waals surface area contributed by atoms with Crippen LogP contribution in [0.25, 0.3) is 0 Å². The lowest BCUT2D eigenvalue weighted by atomic mass is 9.82. The van der Waals surface area contributed by atoms with E-state index in [2.05, 4.69) is 6.07 Å². The van der Waals surface area contributed by atoms with Gasteiger partial charge in [-0.3, -0.25) is 4.79 Å². The average Bonchev–Trinajstić information content (AvgIpc) is 2.66. The minimum atomic E-state index is -0.814. The molecule has 1 fully saturated rings. The number of carbonyl (C=O) groups is 1. The molecule has 3 heteroatoms. The van der Waals surface area contributed by atoms with Crippen LogP contribution in [0.1, 0.15) is 39.5 Å². The van der Waals surface area contributed by atoms with Crippen LogP contribution in [0.5, 0.6) is 0 Å². The van der Waals surface area contributed by atoms with Crippen molar-refractivity contribution in [2.75, 3.05) is 6.61 Å². The van der Waals surface area contributed by atoms with E-state index in [9.17, 15) is 4.79 Å². The van der Waals surface area contributed by atoms with Crippen molar-refractivity contribution in [1.82, 2.24) is 0 Å². The second kappa shape index (κ2) is 4.56. The lowest BCUT2D eigenvalue weighted by Gasteiger charge is -2.19. The fourth-order valence-electron chi connectivity index (χ4n) is 1.63. The predicted molar refractivity (Wildman–Crippen MR) is 52.6 cm³/mol. The summed E-state index contributed by atoms with van der Waals surface area (Å²) in [6, 6.07) is 2.10. The Balaban J connectivity index is 2.41. The van der Waals surface area contributed by atoms with Gasteiger partial charge in [-0.1, -0.05) is 0 Å². The van der Waals surface area contributed by atoms with E-state index in [1.165, 1.54) is 6.92 Å². The molecule has 0 aromatic heterocycles. The highest BCUT2D eigenvalue weighted by Crippen LogP contribution is 2.27. The Bertz CT molecular complexity index is 251. The Hall–Kier alpha value is -0.880. The van der Waals surface area contributed by atoms with Crippen LogP contribution in [0.4, 0.5) is 0 Å². The molecule has 2 atom stereocenters. The summed E-state index contributed by atoms with van der Waals surface area (Å²) in [6.45, 7) is 4.02. The summed E-state index contributed by atoms with van der Waals surface area (Å²) in [5.74, 6) is -0.0435. The van der Waals surface area contributed by atoms with Crippen LogP contribution < -0.4 is 0 Å². The second-order valence-corrected chi connectivity index (χ2v) is 4.17. The van der Waals surface area contributed by atoms with Gasteiger partial charge < -0.3 is 4.74 Å². The highest BCUT2D eigenvalue weighted by Gasteiger charge is 2.31. The number of carbonyl (C=O) groups excluding carboxylic acids is 1. The van der Waals surface area contributed by atoms with Gasteiger partial charge in [-0.25, -0.2) is 0 Å². The first-order valence-electron chi connectivity index (χ1n) is 5.12. The zero-order valence-corrected chi connectivity index (χ0v) is 8.88. The molecule has 1 aliphatic heterocycles. The maximum atomic E-state index is 11.2. The summed E-state index contributed by atoms with van der Waals surface area (Å²) < 4.78 is 5.45. The first kappa shape index (κ1) is 11.2. The van der Waals surface area contributed by atoms with Crippen LogP contribution in [-0.2, 0) is 9.53 Å². The fraction of sp³-hybridized carbons (Fsp3) is 0.818. The molecule has 0 aromatic carbocycles. The summed E-state index contributed by atoms with van der Waals surface area (Å²) in [6.07, 6.45) is 3.88. The van der Waals surface area contributed by atoms with Crippen molar-refractivity contribution in [1.29, 1.82) is 5.26 Å². The van der Waals surface area contributed by atoms with E-state index < -0.39 is 5.41 Å². The zero-order chi connectivity index (χ0) is 10.6. The third-order valence-electron chi connectivity index (χ3n) is 3.01. The van der Waals surface area contributed by atoms with Crippen molar-refractivity contribution in [2.45, 2.75) is 45.6 Å². The summed E-state index contributed by atoms with van der Waals surface area (Å²) in [5.41, 5.74) is -0.814. The van der Waals surface area contributed by atoms with Gasteiger partial charge in [0.05, 0.1) is 12.2 Å². The molecule has 2 unspecified atom stereocenters. The van der Waals surface area contributed by atoms with E-state index in [1.807, 2.05) is 0 Å². The van der Waals surface area contributed by atoms with E-state index in [0.29, 0.717) is 6.42 Å². The molecule has 0 radical (unpaired) electrons. The Morgan fingerprint density at radius 2 is 2.43 bits per heavy atom. The number of hydrogen-bond acceptors (Lipinski definition) is 3. The minimum Gasteiger partial charge on any atom is -0.378 e. The molecule has 1 saturated heterocycles. The van der Waals surface area contributed by atoms with Gasteiger partial charge in [-0.15, -0.1) is 0 Å². The van der Waals surface area contributed by atoms with Gasteiger partial charge in [0.25, 0.3) is 0 Å². The van der Waals surface area contributed by atoms with E-state index in [4.69, 9.17) is 10.00 Å². The largest absolute Gasteiger partial charge is 0.378 e. The number of hydrogen-bond donors (Lipinski definition) is 0. The molecular weight excluding hydrogens is 178 g/mol. The van der Waals surface area contributed by atoms with Crippen LogP contribution in [-0.4, -0.2) is 18.5 Å². The number of ketones is 1. The van der Waals surface area contributed by atoms with Crippen molar-refractivity contribution >= 4 is 5.78 Å². The molecule has 14 heavy (non-hydrogen) atoms. The van der Waals surface area contributed by atoms with Gasteiger partial charge in [-0.05, 0) is 39.5 Å². The Morgan fingerprint density at radius 1 is 1.71 bits per heavy atom. The van der Waals surface area contributed by atoms with Crippen molar-refractivity contribution in [3.8, 4) is 6.07 Å². The molecule has 78 valence electrons. The zero-order valence-electron chi connectivity index (χ0n) is 8.88. The molecule has 0 saturated carbocycles. The van der Waals surface area contributed by atoms with Crippen LogP contribution in [0, 0.1) is 16.7 Å². The fourth-order valence-corrected chi connectivity index (χ4v) is 1.63. The molecule has 0 aliphatic carbocycles. The van der Waals surface area contributed by atoms with Gasteiger partial charge in [0.2, 0.25) is 0 Å². The monoisotopic (exact) mass is 195 g/mol. The number of rotatable bonds is 4. The summed E-state index contributed by atoms with van der Waals surface area (Å²) in [5, 5.41) is 8.92. The van der Waals surface area contributed by atoms with Crippen LogP contribution in [0.2, 0.25) is 0 Å². The van der Waals surface area contributed by atoms with E-state index >= 15 is 0 Å². The average molecular weight is 195 g/mol.